The van der Waals surface area contributed by atoms with Gasteiger partial charge in [-0.15, -0.1) is 4.33 Å². The average Bonchev–Trinajstić information content (AvgIpc) is 3.06. The second-order valence-electron chi connectivity index (χ2n) is 7.03. The first kappa shape index (κ1) is 24.0. The predicted octanol–water partition coefficient (Wildman–Crippen LogP) is 5.80. The molecule has 0 aromatic heterocycles. The van der Waals surface area contributed by atoms with Gasteiger partial charge in [-0.2, -0.15) is 0 Å². The minimum absolute atomic E-state index is 0.00319. The summed E-state index contributed by atoms with van der Waals surface area (Å²) in [5, 5.41) is 11.7. The number of fused-ring (bicyclic) bond motifs is 1. The second-order valence-corrected chi connectivity index (χ2v) is 9.48. The molecule has 0 radical (unpaired) electrons. The van der Waals surface area contributed by atoms with Crippen LogP contribution in [0.15, 0.2) is 53.6 Å². The summed E-state index contributed by atoms with van der Waals surface area (Å²) in [6, 6.07) is 8.26. The van der Waals surface area contributed by atoms with E-state index in [0.717, 1.165) is 66.8 Å². The number of hydrogen-bond acceptors (Lipinski definition) is 8. The summed E-state index contributed by atoms with van der Waals surface area (Å²) in [6.45, 7) is 3.66. The number of thioether (sulfide) groups is 1. The number of rotatable bonds is 11. The molecule has 6 nitrogen and oxygen atoms in total. The molecule has 166 valence electrons. The van der Waals surface area contributed by atoms with Gasteiger partial charge in [-0.25, -0.2) is 5.26 Å². The number of benzene rings is 1. The number of nitrogens with zero attached hydrogens (tertiary/aromatic N) is 2. The first-order valence-corrected chi connectivity index (χ1v) is 12.4. The topological polar surface area (TPSA) is 62.2 Å². The molecule has 2 aliphatic rings. The smallest absolute Gasteiger partial charge is 0.266 e. The van der Waals surface area contributed by atoms with Crippen molar-refractivity contribution < 1.29 is 19.4 Å². The van der Waals surface area contributed by atoms with Gasteiger partial charge < -0.3 is 4.90 Å². The molecule has 0 saturated carbocycles. The Morgan fingerprint density at radius 1 is 1.19 bits per heavy atom. The number of thiocarbonyl (C=S) groups is 1. The van der Waals surface area contributed by atoms with Crippen LogP contribution in [-0.4, -0.2) is 39.2 Å². The molecule has 1 N–H and O–H groups in total. The van der Waals surface area contributed by atoms with E-state index in [0.29, 0.717) is 15.8 Å². The van der Waals surface area contributed by atoms with Crippen LogP contribution in [0, 0.1) is 0 Å². The Morgan fingerprint density at radius 3 is 2.84 bits per heavy atom. The van der Waals surface area contributed by atoms with Crippen LogP contribution >= 0.6 is 36.0 Å². The van der Waals surface area contributed by atoms with Gasteiger partial charge in [0, 0.05) is 48.3 Å². The standard InChI is InChI=1S/C22H26N2O4S3/c1-2-3-14-24-21(25)20(31-22(24)29)11-10-17-12-15-23(13-6-7-16-30-28-27-26)19-9-5-4-8-18(17)19/h4-5,8-12,15,26H,2-3,6-7,13-14,16H2,1H3. The zero-order valence-corrected chi connectivity index (χ0v) is 19.8. The number of unbranched alkanes of at least 4 members (excludes halogenated alkanes) is 2. The van der Waals surface area contributed by atoms with E-state index in [1.54, 1.807) is 4.90 Å². The maximum Gasteiger partial charge on any atom is 0.266 e. The third-order valence-electron chi connectivity index (χ3n) is 4.94. The van der Waals surface area contributed by atoms with Crippen LogP contribution in [0.25, 0.3) is 5.57 Å². The first-order valence-electron chi connectivity index (χ1n) is 10.2. The SMILES string of the molecule is CCCCN1C(=O)C(=CC=C2C=CN(CCCCSOOO)c3ccccc32)SC1=S. The summed E-state index contributed by atoms with van der Waals surface area (Å²) in [6.07, 6.45) is 11.9. The zero-order valence-electron chi connectivity index (χ0n) is 17.4. The Kier molecular flexibility index (Phi) is 9.63. The predicted molar refractivity (Wildman–Crippen MR) is 132 cm³/mol. The summed E-state index contributed by atoms with van der Waals surface area (Å²) in [5.41, 5.74) is 3.34. The highest BCUT2D eigenvalue weighted by Gasteiger charge is 2.31. The Labute approximate surface area is 197 Å². The summed E-state index contributed by atoms with van der Waals surface area (Å²) >= 11 is 7.85. The fourth-order valence-corrected chi connectivity index (χ4v) is 5.02. The van der Waals surface area contributed by atoms with Crippen LogP contribution in [0.3, 0.4) is 0 Å². The lowest BCUT2D eigenvalue weighted by Gasteiger charge is -2.27. The minimum Gasteiger partial charge on any atom is -0.347 e. The van der Waals surface area contributed by atoms with Crippen molar-refractivity contribution in [2.75, 3.05) is 23.7 Å². The van der Waals surface area contributed by atoms with Gasteiger partial charge in [-0.1, -0.05) is 66.6 Å². The van der Waals surface area contributed by atoms with Crippen molar-refractivity contribution >= 4 is 57.5 Å². The molecular weight excluding hydrogens is 452 g/mol. The molecule has 0 unspecified atom stereocenters. The highest BCUT2D eigenvalue weighted by molar-refractivity contribution is 8.26. The quantitative estimate of drug-likeness (QED) is 0.107. The average molecular weight is 479 g/mol. The number of anilines is 1. The van der Waals surface area contributed by atoms with E-state index in [4.69, 9.17) is 17.5 Å². The van der Waals surface area contributed by atoms with Gasteiger partial charge >= 0.3 is 0 Å². The molecule has 1 aromatic carbocycles. The van der Waals surface area contributed by atoms with Gasteiger partial charge in [0.15, 0.2) is 0 Å². The van der Waals surface area contributed by atoms with Gasteiger partial charge in [0.2, 0.25) is 0 Å². The fraction of sp³-hybridized carbons (Fsp3) is 0.364. The number of carbonyl (C=O) groups excluding carboxylic acids is 1. The molecule has 0 spiro atoms. The Bertz CT molecular complexity index is 885. The van der Waals surface area contributed by atoms with Crippen LogP contribution in [-0.2, 0) is 14.2 Å². The van der Waals surface area contributed by atoms with Crippen molar-refractivity contribution in [3.8, 4) is 0 Å². The summed E-state index contributed by atoms with van der Waals surface area (Å²) in [7, 11) is 0. The number of hydrogen-bond donors (Lipinski definition) is 1. The van der Waals surface area contributed by atoms with E-state index in [-0.39, 0.29) is 5.91 Å². The third kappa shape index (κ3) is 6.44. The minimum atomic E-state index is 0.00319. The largest absolute Gasteiger partial charge is 0.347 e. The fourth-order valence-electron chi connectivity index (χ4n) is 3.34. The molecule has 1 fully saturated rings. The van der Waals surface area contributed by atoms with Gasteiger partial charge in [0.1, 0.15) is 4.32 Å². The molecule has 0 atom stereocenters. The lowest BCUT2D eigenvalue weighted by atomic mass is 9.99. The summed E-state index contributed by atoms with van der Waals surface area (Å²) in [4.78, 5) is 17.3. The van der Waals surface area contributed by atoms with Gasteiger partial charge in [0.25, 0.3) is 5.91 Å². The summed E-state index contributed by atoms with van der Waals surface area (Å²) in [5.74, 6) is 0.741. The molecule has 0 bridgehead atoms. The van der Waals surface area contributed by atoms with Crippen LogP contribution in [0.2, 0.25) is 0 Å². The molecule has 0 aliphatic carbocycles. The zero-order chi connectivity index (χ0) is 22.1. The number of allylic oxidation sites excluding steroid dienone is 4. The highest BCUT2D eigenvalue weighted by Crippen LogP contribution is 2.35. The maximum atomic E-state index is 12.7. The van der Waals surface area contributed by atoms with Crippen molar-refractivity contribution in [2.24, 2.45) is 0 Å². The van der Waals surface area contributed by atoms with Crippen LogP contribution in [0.1, 0.15) is 38.2 Å². The lowest BCUT2D eigenvalue weighted by molar-refractivity contribution is -0.432. The molecular formula is C22H26N2O4S3. The second kappa shape index (κ2) is 12.4. The third-order valence-corrected chi connectivity index (χ3v) is 6.95. The normalized spacial score (nSPS) is 18.5. The molecule has 1 amide bonds. The van der Waals surface area contributed by atoms with Crippen molar-refractivity contribution in [3.05, 3.63) is 59.2 Å². The molecule has 31 heavy (non-hydrogen) atoms. The molecule has 1 aromatic rings. The van der Waals surface area contributed by atoms with Crippen molar-refractivity contribution in [2.45, 2.75) is 32.6 Å². The molecule has 1 saturated heterocycles. The van der Waals surface area contributed by atoms with E-state index >= 15 is 0 Å². The van der Waals surface area contributed by atoms with E-state index in [1.165, 1.54) is 11.8 Å². The van der Waals surface area contributed by atoms with Gasteiger partial charge in [-0.05, 0) is 43.1 Å². The van der Waals surface area contributed by atoms with Crippen molar-refractivity contribution in [1.82, 2.24) is 4.90 Å². The van der Waals surface area contributed by atoms with Gasteiger partial charge in [0.05, 0.1) is 4.91 Å². The van der Waals surface area contributed by atoms with E-state index in [1.807, 2.05) is 24.3 Å². The van der Waals surface area contributed by atoms with E-state index in [2.05, 4.69) is 45.6 Å². The lowest BCUT2D eigenvalue weighted by Crippen LogP contribution is -2.28. The highest BCUT2D eigenvalue weighted by atomic mass is 32.2. The van der Waals surface area contributed by atoms with Gasteiger partial charge in [-0.3, -0.25) is 9.69 Å². The van der Waals surface area contributed by atoms with E-state index in [9.17, 15) is 4.79 Å². The van der Waals surface area contributed by atoms with Crippen LogP contribution < -0.4 is 4.90 Å². The Balaban J connectivity index is 1.68. The maximum absolute atomic E-state index is 12.7. The Morgan fingerprint density at radius 2 is 2.03 bits per heavy atom. The number of amides is 1. The van der Waals surface area contributed by atoms with Crippen molar-refractivity contribution in [3.63, 3.8) is 0 Å². The molecule has 2 heterocycles. The Hall–Kier alpha value is -1.62. The molecule has 3 rings (SSSR count). The molecule has 2 aliphatic heterocycles. The van der Waals surface area contributed by atoms with E-state index < -0.39 is 0 Å². The number of para-hydroxylation sites is 1. The first-order chi connectivity index (χ1) is 15.2. The molecule has 9 heteroatoms. The van der Waals surface area contributed by atoms with Crippen molar-refractivity contribution in [1.29, 1.82) is 0 Å². The van der Waals surface area contributed by atoms with Crippen LogP contribution in [0.4, 0.5) is 5.69 Å². The summed E-state index contributed by atoms with van der Waals surface area (Å²) < 4.78 is 5.04. The van der Waals surface area contributed by atoms with Crippen LogP contribution in [0.5, 0.6) is 0 Å². The number of carbonyl (C=O) groups is 1. The monoisotopic (exact) mass is 478 g/mol.